The fourth-order valence-electron chi connectivity index (χ4n) is 2.64. The second kappa shape index (κ2) is 6.55. The molecule has 1 heterocycles. The quantitative estimate of drug-likeness (QED) is 0.526. The fourth-order valence-corrected chi connectivity index (χ4v) is 3.09. The average molecular weight is 412 g/mol. The highest BCUT2D eigenvalue weighted by Crippen LogP contribution is 2.38. The standard InChI is InChI=1S/C18H13BrF3NO2/c1-2-25-17(24)11-3-5-13(6-4-11)23-8-7-14-15(18(20,21)22)9-12(19)10-16(14)23/h3-10H,2H2,1H3. The van der Waals surface area contributed by atoms with Crippen molar-refractivity contribution in [2.24, 2.45) is 0 Å². The van der Waals surface area contributed by atoms with Crippen LogP contribution in [0.3, 0.4) is 0 Å². The topological polar surface area (TPSA) is 31.2 Å². The summed E-state index contributed by atoms with van der Waals surface area (Å²) in [6.45, 7) is 1.99. The van der Waals surface area contributed by atoms with Crippen molar-refractivity contribution in [1.29, 1.82) is 0 Å². The molecule has 0 amide bonds. The van der Waals surface area contributed by atoms with E-state index in [1.54, 1.807) is 48.0 Å². The van der Waals surface area contributed by atoms with Crippen LogP contribution in [0.5, 0.6) is 0 Å². The van der Waals surface area contributed by atoms with E-state index in [1.807, 2.05) is 0 Å². The molecule has 0 aliphatic heterocycles. The van der Waals surface area contributed by atoms with Crippen LogP contribution in [0.4, 0.5) is 13.2 Å². The Labute approximate surface area is 150 Å². The molecule has 0 radical (unpaired) electrons. The van der Waals surface area contributed by atoms with Gasteiger partial charge in [0.2, 0.25) is 0 Å². The van der Waals surface area contributed by atoms with E-state index in [2.05, 4.69) is 15.9 Å². The van der Waals surface area contributed by atoms with Gasteiger partial charge in [0.25, 0.3) is 0 Å². The number of hydrogen-bond donors (Lipinski definition) is 0. The van der Waals surface area contributed by atoms with Gasteiger partial charge in [0.1, 0.15) is 0 Å². The highest BCUT2D eigenvalue weighted by atomic mass is 79.9. The molecule has 0 spiro atoms. The molecule has 130 valence electrons. The first-order valence-corrected chi connectivity index (χ1v) is 8.26. The van der Waals surface area contributed by atoms with Gasteiger partial charge in [-0.2, -0.15) is 13.2 Å². The smallest absolute Gasteiger partial charge is 0.417 e. The molecular weight excluding hydrogens is 399 g/mol. The Kier molecular flexibility index (Phi) is 4.60. The lowest BCUT2D eigenvalue weighted by atomic mass is 10.1. The summed E-state index contributed by atoms with van der Waals surface area (Å²) in [5, 5.41) is 0.116. The van der Waals surface area contributed by atoms with E-state index in [9.17, 15) is 18.0 Å². The Morgan fingerprint density at radius 3 is 2.44 bits per heavy atom. The maximum atomic E-state index is 13.2. The van der Waals surface area contributed by atoms with Gasteiger partial charge in [0, 0.05) is 21.7 Å². The minimum atomic E-state index is -4.44. The van der Waals surface area contributed by atoms with Crippen molar-refractivity contribution in [1.82, 2.24) is 4.57 Å². The van der Waals surface area contributed by atoms with E-state index in [1.165, 1.54) is 6.07 Å². The molecule has 0 saturated carbocycles. The van der Waals surface area contributed by atoms with Gasteiger partial charge in [-0.15, -0.1) is 0 Å². The zero-order chi connectivity index (χ0) is 18.2. The third-order valence-corrected chi connectivity index (χ3v) is 4.19. The summed E-state index contributed by atoms with van der Waals surface area (Å²) >= 11 is 3.14. The minimum Gasteiger partial charge on any atom is -0.462 e. The Bertz CT molecular complexity index is 930. The third kappa shape index (κ3) is 3.42. The maximum Gasteiger partial charge on any atom is 0.417 e. The average Bonchev–Trinajstić information content (AvgIpc) is 2.97. The van der Waals surface area contributed by atoms with Crippen LogP contribution in [0.1, 0.15) is 22.8 Å². The van der Waals surface area contributed by atoms with Gasteiger partial charge < -0.3 is 9.30 Å². The zero-order valence-electron chi connectivity index (χ0n) is 13.1. The summed E-state index contributed by atoms with van der Waals surface area (Å²) in [6.07, 6.45) is -2.87. The number of aromatic nitrogens is 1. The van der Waals surface area contributed by atoms with Gasteiger partial charge in [-0.3, -0.25) is 0 Å². The van der Waals surface area contributed by atoms with Gasteiger partial charge in [-0.25, -0.2) is 4.79 Å². The molecule has 0 unspecified atom stereocenters. The lowest BCUT2D eigenvalue weighted by Gasteiger charge is -2.11. The second-order valence-corrected chi connectivity index (χ2v) is 6.25. The molecule has 0 aliphatic carbocycles. The van der Waals surface area contributed by atoms with Crippen LogP contribution in [-0.2, 0) is 10.9 Å². The second-order valence-electron chi connectivity index (χ2n) is 5.34. The Hall–Kier alpha value is -2.28. The number of halogens is 4. The summed E-state index contributed by atoms with van der Waals surface area (Å²) < 4.78 is 46.6. The highest BCUT2D eigenvalue weighted by Gasteiger charge is 2.33. The van der Waals surface area contributed by atoms with Crippen LogP contribution in [0.25, 0.3) is 16.6 Å². The lowest BCUT2D eigenvalue weighted by molar-refractivity contribution is -0.136. The molecular formula is C18H13BrF3NO2. The number of rotatable bonds is 3. The first-order valence-electron chi connectivity index (χ1n) is 7.46. The zero-order valence-corrected chi connectivity index (χ0v) is 14.7. The van der Waals surface area contributed by atoms with Crippen LogP contribution in [0.2, 0.25) is 0 Å². The summed E-state index contributed by atoms with van der Waals surface area (Å²) in [5.41, 5.74) is 0.762. The predicted octanol–water partition coefficient (Wildman–Crippen LogP) is 5.59. The van der Waals surface area contributed by atoms with E-state index in [0.717, 1.165) is 6.07 Å². The molecule has 0 fully saturated rings. The summed E-state index contributed by atoms with van der Waals surface area (Å²) in [6, 6.07) is 10.6. The van der Waals surface area contributed by atoms with Crippen molar-refractivity contribution in [3.8, 4) is 5.69 Å². The molecule has 3 aromatic rings. The van der Waals surface area contributed by atoms with E-state index >= 15 is 0 Å². The number of alkyl halides is 3. The van der Waals surface area contributed by atoms with E-state index in [-0.39, 0.29) is 12.0 Å². The van der Waals surface area contributed by atoms with Crippen molar-refractivity contribution < 1.29 is 22.7 Å². The van der Waals surface area contributed by atoms with Crippen molar-refractivity contribution >= 4 is 32.8 Å². The Morgan fingerprint density at radius 1 is 1.16 bits per heavy atom. The molecule has 0 atom stereocenters. The molecule has 25 heavy (non-hydrogen) atoms. The van der Waals surface area contributed by atoms with E-state index in [4.69, 9.17) is 4.74 Å². The summed E-state index contributed by atoms with van der Waals surface area (Å²) in [5.74, 6) is -0.437. The number of esters is 1. The number of nitrogens with zero attached hydrogens (tertiary/aromatic N) is 1. The maximum absolute atomic E-state index is 13.2. The van der Waals surface area contributed by atoms with E-state index in [0.29, 0.717) is 21.2 Å². The van der Waals surface area contributed by atoms with Gasteiger partial charge in [0.05, 0.1) is 23.3 Å². The van der Waals surface area contributed by atoms with Crippen LogP contribution >= 0.6 is 15.9 Å². The normalized spacial score (nSPS) is 11.7. The minimum absolute atomic E-state index is 0.116. The van der Waals surface area contributed by atoms with Crippen molar-refractivity contribution in [3.63, 3.8) is 0 Å². The first kappa shape index (κ1) is 17.5. The van der Waals surface area contributed by atoms with Gasteiger partial charge in [-0.1, -0.05) is 15.9 Å². The van der Waals surface area contributed by atoms with E-state index < -0.39 is 17.7 Å². The third-order valence-electron chi connectivity index (χ3n) is 3.73. The van der Waals surface area contributed by atoms with Gasteiger partial charge >= 0.3 is 12.1 Å². The number of fused-ring (bicyclic) bond motifs is 1. The molecule has 2 aromatic carbocycles. The predicted molar refractivity (Wildman–Crippen MR) is 91.9 cm³/mol. The van der Waals surface area contributed by atoms with Crippen LogP contribution in [0.15, 0.2) is 53.1 Å². The highest BCUT2D eigenvalue weighted by molar-refractivity contribution is 9.10. The molecule has 3 nitrogen and oxygen atoms in total. The first-order chi connectivity index (χ1) is 11.8. The van der Waals surface area contributed by atoms with Crippen LogP contribution in [-0.4, -0.2) is 17.1 Å². The Balaban J connectivity index is 2.08. The molecule has 0 bridgehead atoms. The van der Waals surface area contributed by atoms with Crippen LogP contribution < -0.4 is 0 Å². The molecule has 1 aromatic heterocycles. The SMILES string of the molecule is CCOC(=O)c1ccc(-n2ccc3c(C(F)(F)F)cc(Br)cc32)cc1. The molecule has 0 saturated heterocycles. The fraction of sp³-hybridized carbons (Fsp3) is 0.167. The van der Waals surface area contributed by atoms with Gasteiger partial charge in [0.15, 0.2) is 0 Å². The lowest BCUT2D eigenvalue weighted by Crippen LogP contribution is -2.06. The number of carbonyl (C=O) groups excluding carboxylic acids is 1. The van der Waals surface area contributed by atoms with Crippen molar-refractivity contribution in [2.45, 2.75) is 13.1 Å². The Morgan fingerprint density at radius 2 is 1.84 bits per heavy atom. The summed E-state index contributed by atoms with van der Waals surface area (Å²) in [7, 11) is 0. The summed E-state index contributed by atoms with van der Waals surface area (Å²) in [4.78, 5) is 11.7. The van der Waals surface area contributed by atoms with Crippen molar-refractivity contribution in [3.05, 3.63) is 64.3 Å². The number of ether oxygens (including phenoxy) is 1. The number of carbonyl (C=O) groups is 1. The largest absolute Gasteiger partial charge is 0.462 e. The number of hydrogen-bond acceptors (Lipinski definition) is 2. The van der Waals surface area contributed by atoms with Gasteiger partial charge in [-0.05, 0) is 49.4 Å². The monoisotopic (exact) mass is 411 g/mol. The van der Waals surface area contributed by atoms with Crippen molar-refractivity contribution in [2.75, 3.05) is 6.61 Å². The molecule has 0 N–H and O–H groups in total. The molecule has 0 aliphatic rings. The van der Waals surface area contributed by atoms with Crippen LogP contribution in [0, 0.1) is 0 Å². The number of benzene rings is 2. The molecule has 3 rings (SSSR count). The molecule has 7 heteroatoms.